The molecular formula is C34H35NO3. The Morgan fingerprint density at radius 1 is 0.868 bits per heavy atom. The van der Waals surface area contributed by atoms with Gasteiger partial charge in [-0.05, 0) is 65.3 Å². The van der Waals surface area contributed by atoms with Gasteiger partial charge < -0.3 is 14.4 Å². The minimum atomic E-state index is -0.267. The van der Waals surface area contributed by atoms with E-state index in [2.05, 4.69) is 61.5 Å². The summed E-state index contributed by atoms with van der Waals surface area (Å²) in [6.45, 7) is 2.81. The molecule has 0 spiro atoms. The Bertz CT molecular complexity index is 1360. The van der Waals surface area contributed by atoms with Crippen LogP contribution in [0.15, 0.2) is 91.0 Å². The number of fused-ring (bicyclic) bond motifs is 1. The van der Waals surface area contributed by atoms with Crippen LogP contribution in [0, 0.1) is 0 Å². The van der Waals surface area contributed by atoms with Crippen molar-refractivity contribution in [1.82, 2.24) is 4.90 Å². The van der Waals surface area contributed by atoms with Crippen molar-refractivity contribution >= 4 is 5.91 Å². The number of carbonyl (C=O) groups is 1. The molecule has 0 saturated carbocycles. The van der Waals surface area contributed by atoms with Gasteiger partial charge in [0.25, 0.3) is 5.91 Å². The monoisotopic (exact) mass is 505 g/mol. The van der Waals surface area contributed by atoms with Crippen molar-refractivity contribution in [3.8, 4) is 22.6 Å². The Kier molecular flexibility index (Phi) is 7.78. The van der Waals surface area contributed by atoms with E-state index in [1.54, 1.807) is 14.2 Å². The maximum atomic E-state index is 14.0. The summed E-state index contributed by atoms with van der Waals surface area (Å²) in [6.07, 6.45) is 4.09. The second-order valence-electron chi connectivity index (χ2n) is 9.84. The van der Waals surface area contributed by atoms with Crippen molar-refractivity contribution in [2.24, 2.45) is 0 Å². The van der Waals surface area contributed by atoms with Crippen LogP contribution in [0.5, 0.6) is 11.5 Å². The average molecular weight is 506 g/mol. The SMILES string of the molecule is CCCCc1ccc(C(=O)N2CCc3cc(OC)cc(OC)c3[C@@H]2c2ccc(-c3ccccc3)cc2)cc1. The van der Waals surface area contributed by atoms with Gasteiger partial charge in [0.2, 0.25) is 0 Å². The minimum absolute atomic E-state index is 0.0349. The number of ether oxygens (including phenoxy) is 2. The molecular weight excluding hydrogens is 470 g/mol. The van der Waals surface area contributed by atoms with E-state index in [0.29, 0.717) is 12.1 Å². The Morgan fingerprint density at radius 2 is 1.58 bits per heavy atom. The second kappa shape index (κ2) is 11.6. The fourth-order valence-electron chi connectivity index (χ4n) is 5.40. The Balaban J connectivity index is 1.56. The summed E-state index contributed by atoms with van der Waals surface area (Å²) in [7, 11) is 3.35. The molecule has 0 N–H and O–H groups in total. The van der Waals surface area contributed by atoms with Crippen LogP contribution in [0.25, 0.3) is 11.1 Å². The molecule has 0 aliphatic carbocycles. The van der Waals surface area contributed by atoms with Crippen LogP contribution in [0.3, 0.4) is 0 Å². The third kappa shape index (κ3) is 5.17. The fourth-order valence-corrected chi connectivity index (χ4v) is 5.40. The van der Waals surface area contributed by atoms with E-state index in [1.807, 2.05) is 41.3 Å². The Labute approximate surface area is 225 Å². The van der Waals surface area contributed by atoms with Gasteiger partial charge in [0.15, 0.2) is 0 Å². The molecule has 0 bridgehead atoms. The summed E-state index contributed by atoms with van der Waals surface area (Å²) in [5.74, 6) is 1.54. The number of carbonyl (C=O) groups excluding carboxylic acids is 1. The highest BCUT2D eigenvalue weighted by atomic mass is 16.5. The molecule has 5 rings (SSSR count). The highest BCUT2D eigenvalue weighted by Crippen LogP contribution is 2.43. The van der Waals surface area contributed by atoms with Gasteiger partial charge in [-0.15, -0.1) is 0 Å². The predicted octanol–water partition coefficient (Wildman–Crippen LogP) is 7.50. The van der Waals surface area contributed by atoms with Crippen molar-refractivity contribution in [2.45, 2.75) is 38.6 Å². The quantitative estimate of drug-likeness (QED) is 0.249. The molecule has 0 aromatic heterocycles. The van der Waals surface area contributed by atoms with Crippen LogP contribution in [0.2, 0.25) is 0 Å². The fraction of sp³-hybridized carbons (Fsp3) is 0.265. The molecule has 4 aromatic rings. The largest absolute Gasteiger partial charge is 0.497 e. The van der Waals surface area contributed by atoms with Crippen LogP contribution in [0.1, 0.15) is 58.4 Å². The zero-order valence-corrected chi connectivity index (χ0v) is 22.4. The first-order valence-electron chi connectivity index (χ1n) is 13.4. The van der Waals surface area contributed by atoms with Crippen LogP contribution in [-0.4, -0.2) is 31.6 Å². The highest BCUT2D eigenvalue weighted by molar-refractivity contribution is 5.95. The van der Waals surface area contributed by atoms with Crippen LogP contribution in [-0.2, 0) is 12.8 Å². The van der Waals surface area contributed by atoms with Gasteiger partial charge in [-0.1, -0.05) is 80.1 Å². The van der Waals surface area contributed by atoms with E-state index in [9.17, 15) is 4.79 Å². The topological polar surface area (TPSA) is 38.8 Å². The van der Waals surface area contributed by atoms with E-state index >= 15 is 0 Å². The number of methoxy groups -OCH3 is 2. The van der Waals surface area contributed by atoms with Crippen LogP contribution < -0.4 is 9.47 Å². The molecule has 1 aliphatic rings. The third-order valence-electron chi connectivity index (χ3n) is 7.48. The molecule has 1 heterocycles. The summed E-state index contributed by atoms with van der Waals surface area (Å²) in [5.41, 5.74) is 7.54. The van der Waals surface area contributed by atoms with Crippen molar-refractivity contribution in [3.63, 3.8) is 0 Å². The molecule has 4 heteroatoms. The Morgan fingerprint density at radius 3 is 2.24 bits per heavy atom. The lowest BCUT2D eigenvalue weighted by molar-refractivity contribution is 0.0692. The molecule has 1 amide bonds. The molecule has 4 nitrogen and oxygen atoms in total. The highest BCUT2D eigenvalue weighted by Gasteiger charge is 2.35. The molecule has 0 unspecified atom stereocenters. The smallest absolute Gasteiger partial charge is 0.254 e. The van der Waals surface area contributed by atoms with Crippen molar-refractivity contribution in [3.05, 3.63) is 119 Å². The summed E-state index contributed by atoms with van der Waals surface area (Å²) in [5, 5.41) is 0. The lowest BCUT2D eigenvalue weighted by Gasteiger charge is -2.39. The first-order valence-corrected chi connectivity index (χ1v) is 13.4. The number of aryl methyl sites for hydroxylation is 1. The summed E-state index contributed by atoms with van der Waals surface area (Å²) in [6, 6.07) is 30.8. The number of unbranched alkanes of at least 4 members (excludes halogenated alkanes) is 1. The van der Waals surface area contributed by atoms with Gasteiger partial charge in [-0.2, -0.15) is 0 Å². The summed E-state index contributed by atoms with van der Waals surface area (Å²) >= 11 is 0. The normalized spacial score (nSPS) is 14.6. The van der Waals surface area contributed by atoms with E-state index in [1.165, 1.54) is 11.1 Å². The molecule has 4 aromatic carbocycles. The zero-order valence-electron chi connectivity index (χ0n) is 22.4. The summed E-state index contributed by atoms with van der Waals surface area (Å²) < 4.78 is 11.4. The van der Waals surface area contributed by atoms with Gasteiger partial charge in [0, 0.05) is 23.7 Å². The molecule has 38 heavy (non-hydrogen) atoms. The number of amides is 1. The van der Waals surface area contributed by atoms with E-state index in [4.69, 9.17) is 9.47 Å². The van der Waals surface area contributed by atoms with E-state index < -0.39 is 0 Å². The summed E-state index contributed by atoms with van der Waals surface area (Å²) in [4.78, 5) is 16.0. The lowest BCUT2D eigenvalue weighted by Crippen LogP contribution is -2.40. The van der Waals surface area contributed by atoms with Gasteiger partial charge in [-0.25, -0.2) is 0 Å². The van der Waals surface area contributed by atoms with Crippen LogP contribution >= 0.6 is 0 Å². The van der Waals surface area contributed by atoms with Gasteiger partial charge in [0.1, 0.15) is 11.5 Å². The number of hydrogen-bond donors (Lipinski definition) is 0. The molecule has 1 aliphatic heterocycles. The number of benzene rings is 4. The van der Waals surface area contributed by atoms with Gasteiger partial charge in [-0.3, -0.25) is 4.79 Å². The van der Waals surface area contributed by atoms with Gasteiger partial charge in [0.05, 0.1) is 20.3 Å². The number of rotatable bonds is 8. The molecule has 194 valence electrons. The molecule has 0 radical (unpaired) electrons. The second-order valence-corrected chi connectivity index (χ2v) is 9.84. The molecule has 0 fully saturated rings. The number of hydrogen-bond acceptors (Lipinski definition) is 3. The van der Waals surface area contributed by atoms with Gasteiger partial charge >= 0.3 is 0 Å². The predicted molar refractivity (Wildman–Crippen MR) is 153 cm³/mol. The first kappa shape index (κ1) is 25.6. The molecule has 1 atom stereocenters. The standard InChI is InChI=1S/C34H35NO3/c1-4-5-9-24-12-14-28(15-13-24)34(36)35-21-20-29-22-30(37-2)23-31(38-3)32(29)33(35)27-18-16-26(17-19-27)25-10-7-6-8-11-25/h6-8,10-19,22-23,33H,4-5,9,20-21H2,1-3H3/t33-/m0/s1. The third-order valence-corrected chi connectivity index (χ3v) is 7.48. The van der Waals surface area contributed by atoms with E-state index in [-0.39, 0.29) is 11.9 Å². The lowest BCUT2D eigenvalue weighted by atomic mass is 9.86. The van der Waals surface area contributed by atoms with E-state index in [0.717, 1.165) is 59.4 Å². The van der Waals surface area contributed by atoms with Crippen molar-refractivity contribution < 1.29 is 14.3 Å². The zero-order chi connectivity index (χ0) is 26.5. The average Bonchev–Trinajstić information content (AvgIpc) is 2.99. The number of nitrogens with zero attached hydrogens (tertiary/aromatic N) is 1. The maximum Gasteiger partial charge on any atom is 0.254 e. The minimum Gasteiger partial charge on any atom is -0.497 e. The van der Waals surface area contributed by atoms with Crippen molar-refractivity contribution in [2.75, 3.05) is 20.8 Å². The van der Waals surface area contributed by atoms with Crippen molar-refractivity contribution in [1.29, 1.82) is 0 Å². The Hall–Kier alpha value is -4.05. The first-order chi connectivity index (χ1) is 18.6. The van der Waals surface area contributed by atoms with Crippen LogP contribution in [0.4, 0.5) is 0 Å². The maximum absolute atomic E-state index is 14.0. The molecule has 0 saturated heterocycles.